The Kier molecular flexibility index (Phi) is 2.50. The van der Waals surface area contributed by atoms with E-state index in [1.54, 1.807) is 18.3 Å². The smallest absolute Gasteiger partial charge is 0.423 e. The summed E-state index contributed by atoms with van der Waals surface area (Å²) in [4.78, 5) is 0. The molecule has 0 radical (unpaired) electrons. The standard InChI is InChI=1S/C10H13BN2O2/c1-7(2)13-10-4-3-9(11(14)15)5-8(10)6-12-13/h3-7,14-15H,1-2H3. The SMILES string of the molecule is CC(C)n1ncc2cc(B(O)O)ccc21. The fourth-order valence-electron chi connectivity index (χ4n) is 1.64. The first-order valence-electron chi connectivity index (χ1n) is 4.93. The molecule has 1 heterocycles. The molecule has 0 spiro atoms. The summed E-state index contributed by atoms with van der Waals surface area (Å²) in [6, 6.07) is 5.60. The maximum atomic E-state index is 9.03. The minimum atomic E-state index is -1.42. The molecule has 0 saturated heterocycles. The molecule has 5 heteroatoms. The molecule has 0 unspecified atom stereocenters. The van der Waals surface area contributed by atoms with E-state index in [0.717, 1.165) is 10.9 Å². The van der Waals surface area contributed by atoms with E-state index in [0.29, 0.717) is 11.5 Å². The molecular weight excluding hydrogens is 191 g/mol. The van der Waals surface area contributed by atoms with Gasteiger partial charge in [0.1, 0.15) is 0 Å². The predicted molar refractivity (Wildman–Crippen MR) is 59.9 cm³/mol. The number of benzene rings is 1. The molecule has 0 aliphatic heterocycles. The normalized spacial score (nSPS) is 11.3. The van der Waals surface area contributed by atoms with E-state index in [1.807, 2.05) is 10.7 Å². The summed E-state index contributed by atoms with van der Waals surface area (Å²) in [5, 5.41) is 23.2. The molecule has 2 N–H and O–H groups in total. The lowest BCUT2D eigenvalue weighted by Crippen LogP contribution is -2.29. The zero-order chi connectivity index (χ0) is 11.0. The summed E-state index contributed by atoms with van der Waals surface area (Å²) in [5.74, 6) is 0. The van der Waals surface area contributed by atoms with Crippen molar-refractivity contribution in [3.63, 3.8) is 0 Å². The van der Waals surface area contributed by atoms with Crippen LogP contribution in [0, 0.1) is 0 Å². The summed E-state index contributed by atoms with van der Waals surface area (Å²) in [6.07, 6.45) is 1.74. The third-order valence-corrected chi connectivity index (χ3v) is 2.41. The maximum absolute atomic E-state index is 9.03. The lowest BCUT2D eigenvalue weighted by Gasteiger charge is -2.07. The molecule has 0 aliphatic carbocycles. The molecule has 0 bridgehead atoms. The lowest BCUT2D eigenvalue weighted by molar-refractivity contribution is 0.426. The van der Waals surface area contributed by atoms with Gasteiger partial charge in [-0.2, -0.15) is 5.10 Å². The Labute approximate surface area is 88.3 Å². The molecule has 0 saturated carbocycles. The van der Waals surface area contributed by atoms with Gasteiger partial charge in [0.05, 0.1) is 11.7 Å². The van der Waals surface area contributed by atoms with Gasteiger partial charge < -0.3 is 10.0 Å². The summed E-state index contributed by atoms with van der Waals surface area (Å²) in [5.41, 5.74) is 1.50. The maximum Gasteiger partial charge on any atom is 0.488 e. The highest BCUT2D eigenvalue weighted by atomic mass is 16.4. The van der Waals surface area contributed by atoms with E-state index < -0.39 is 7.12 Å². The van der Waals surface area contributed by atoms with Crippen LogP contribution in [0.5, 0.6) is 0 Å². The Morgan fingerprint density at radius 2 is 2.07 bits per heavy atom. The minimum absolute atomic E-state index is 0.299. The van der Waals surface area contributed by atoms with Crippen LogP contribution in [0.25, 0.3) is 10.9 Å². The van der Waals surface area contributed by atoms with Gasteiger partial charge in [-0.05, 0) is 25.4 Å². The molecule has 0 aliphatic rings. The highest BCUT2D eigenvalue weighted by molar-refractivity contribution is 6.58. The minimum Gasteiger partial charge on any atom is -0.423 e. The number of fused-ring (bicyclic) bond motifs is 1. The van der Waals surface area contributed by atoms with Crippen LogP contribution in [0.2, 0.25) is 0 Å². The van der Waals surface area contributed by atoms with Crippen LogP contribution in [-0.4, -0.2) is 26.9 Å². The third-order valence-electron chi connectivity index (χ3n) is 2.41. The zero-order valence-corrected chi connectivity index (χ0v) is 8.75. The van der Waals surface area contributed by atoms with Crippen LogP contribution in [-0.2, 0) is 0 Å². The van der Waals surface area contributed by atoms with Crippen molar-refractivity contribution in [2.75, 3.05) is 0 Å². The summed E-state index contributed by atoms with van der Waals surface area (Å²) < 4.78 is 1.91. The molecule has 1 aromatic heterocycles. The monoisotopic (exact) mass is 204 g/mol. The highest BCUT2D eigenvalue weighted by Gasteiger charge is 2.13. The highest BCUT2D eigenvalue weighted by Crippen LogP contribution is 2.15. The third kappa shape index (κ3) is 1.76. The van der Waals surface area contributed by atoms with Gasteiger partial charge in [0, 0.05) is 11.4 Å². The van der Waals surface area contributed by atoms with Crippen molar-refractivity contribution in [1.82, 2.24) is 9.78 Å². The molecule has 1 aromatic carbocycles. The van der Waals surface area contributed by atoms with Gasteiger partial charge in [-0.15, -0.1) is 0 Å². The van der Waals surface area contributed by atoms with Crippen molar-refractivity contribution in [1.29, 1.82) is 0 Å². The largest absolute Gasteiger partial charge is 0.488 e. The van der Waals surface area contributed by atoms with Crippen LogP contribution in [0.3, 0.4) is 0 Å². The fourth-order valence-corrected chi connectivity index (χ4v) is 1.64. The van der Waals surface area contributed by atoms with E-state index in [1.165, 1.54) is 0 Å². The summed E-state index contributed by atoms with van der Waals surface area (Å²) in [7, 11) is -1.42. The van der Waals surface area contributed by atoms with Gasteiger partial charge in [0.2, 0.25) is 0 Å². The van der Waals surface area contributed by atoms with E-state index in [4.69, 9.17) is 10.0 Å². The Morgan fingerprint density at radius 1 is 1.33 bits per heavy atom. The van der Waals surface area contributed by atoms with Gasteiger partial charge in [0.15, 0.2) is 0 Å². The van der Waals surface area contributed by atoms with Gasteiger partial charge in [-0.1, -0.05) is 12.1 Å². The average molecular weight is 204 g/mol. The van der Waals surface area contributed by atoms with E-state index in [-0.39, 0.29) is 0 Å². The topological polar surface area (TPSA) is 58.3 Å². The number of aromatic nitrogens is 2. The Morgan fingerprint density at radius 3 is 2.67 bits per heavy atom. The summed E-state index contributed by atoms with van der Waals surface area (Å²) >= 11 is 0. The van der Waals surface area contributed by atoms with Crippen LogP contribution in [0.1, 0.15) is 19.9 Å². The molecule has 0 fully saturated rings. The number of rotatable bonds is 2. The van der Waals surface area contributed by atoms with Crippen LogP contribution >= 0.6 is 0 Å². The van der Waals surface area contributed by atoms with Gasteiger partial charge in [-0.25, -0.2) is 0 Å². The van der Waals surface area contributed by atoms with Crippen LogP contribution in [0.4, 0.5) is 0 Å². The van der Waals surface area contributed by atoms with Crippen molar-refractivity contribution < 1.29 is 10.0 Å². The van der Waals surface area contributed by atoms with Crippen LogP contribution in [0.15, 0.2) is 24.4 Å². The lowest BCUT2D eigenvalue weighted by atomic mass is 9.80. The van der Waals surface area contributed by atoms with Crippen molar-refractivity contribution >= 4 is 23.5 Å². The first-order valence-corrected chi connectivity index (χ1v) is 4.93. The molecule has 78 valence electrons. The predicted octanol–water partition coefficient (Wildman–Crippen LogP) is 0.297. The van der Waals surface area contributed by atoms with Gasteiger partial charge in [0.25, 0.3) is 0 Å². The Hall–Kier alpha value is -1.33. The molecule has 2 aromatic rings. The van der Waals surface area contributed by atoms with Crippen molar-refractivity contribution in [2.24, 2.45) is 0 Å². The van der Waals surface area contributed by atoms with Gasteiger partial charge in [-0.3, -0.25) is 4.68 Å². The van der Waals surface area contributed by atoms with Crippen molar-refractivity contribution in [3.8, 4) is 0 Å². The zero-order valence-electron chi connectivity index (χ0n) is 8.75. The molecule has 2 rings (SSSR count). The number of hydrogen-bond acceptors (Lipinski definition) is 3. The average Bonchev–Trinajstić information content (AvgIpc) is 2.59. The first kappa shape index (κ1) is 10.2. The quantitative estimate of drug-likeness (QED) is 0.691. The van der Waals surface area contributed by atoms with E-state index >= 15 is 0 Å². The molecular formula is C10H13BN2O2. The second kappa shape index (κ2) is 3.68. The van der Waals surface area contributed by atoms with E-state index in [9.17, 15) is 0 Å². The van der Waals surface area contributed by atoms with Crippen molar-refractivity contribution in [2.45, 2.75) is 19.9 Å². The molecule has 4 nitrogen and oxygen atoms in total. The Balaban J connectivity index is 2.57. The second-order valence-corrected chi connectivity index (χ2v) is 3.87. The number of nitrogens with zero attached hydrogens (tertiary/aromatic N) is 2. The fraction of sp³-hybridized carbons (Fsp3) is 0.300. The number of hydrogen-bond donors (Lipinski definition) is 2. The molecule has 0 atom stereocenters. The first-order chi connectivity index (χ1) is 7.09. The van der Waals surface area contributed by atoms with E-state index in [2.05, 4.69) is 18.9 Å². The van der Waals surface area contributed by atoms with Gasteiger partial charge >= 0.3 is 7.12 Å². The van der Waals surface area contributed by atoms with Crippen molar-refractivity contribution in [3.05, 3.63) is 24.4 Å². The Bertz CT molecular complexity index is 479. The second-order valence-electron chi connectivity index (χ2n) is 3.87. The summed E-state index contributed by atoms with van der Waals surface area (Å²) in [6.45, 7) is 4.11. The molecule has 0 amide bonds. The van der Waals surface area contributed by atoms with Crippen LogP contribution < -0.4 is 5.46 Å². The molecule has 15 heavy (non-hydrogen) atoms.